The quantitative estimate of drug-likeness (QED) is 0.822. The Labute approximate surface area is 133 Å². The topological polar surface area (TPSA) is 79.5 Å². The molecule has 0 fully saturated rings. The molecule has 1 unspecified atom stereocenters. The van der Waals surface area contributed by atoms with Gasteiger partial charge in [0.2, 0.25) is 5.91 Å². The number of aryl methyl sites for hydroxylation is 1. The third-order valence-electron chi connectivity index (χ3n) is 3.29. The van der Waals surface area contributed by atoms with E-state index in [0.29, 0.717) is 23.5 Å². The number of carboxylic acid groups (broad SMARTS) is 1. The van der Waals surface area contributed by atoms with Crippen LogP contribution in [0.3, 0.4) is 0 Å². The Morgan fingerprint density at radius 1 is 1.26 bits per heavy atom. The van der Waals surface area contributed by atoms with Crippen LogP contribution in [0.25, 0.3) is 11.3 Å². The minimum absolute atomic E-state index is 0.121. The molecule has 1 heterocycles. The average molecular weight is 319 g/mol. The van der Waals surface area contributed by atoms with E-state index >= 15 is 0 Å². The Morgan fingerprint density at radius 2 is 2.00 bits per heavy atom. The highest BCUT2D eigenvalue weighted by Gasteiger charge is 2.13. The van der Waals surface area contributed by atoms with E-state index in [0.717, 1.165) is 0 Å². The minimum atomic E-state index is -0.960. The first-order valence-electron chi connectivity index (χ1n) is 7.30. The van der Waals surface area contributed by atoms with Crippen molar-refractivity contribution in [3.63, 3.8) is 0 Å². The summed E-state index contributed by atoms with van der Waals surface area (Å²) < 4.78 is 19.2. The summed E-state index contributed by atoms with van der Waals surface area (Å²) in [6.07, 6.45) is 0.415. The van der Waals surface area contributed by atoms with E-state index < -0.39 is 12.0 Å². The number of amides is 1. The molecule has 2 rings (SSSR count). The van der Waals surface area contributed by atoms with Gasteiger partial charge in [0.15, 0.2) is 0 Å². The number of hydrogen-bond acceptors (Lipinski definition) is 3. The van der Waals surface area contributed by atoms with Gasteiger partial charge in [-0.25, -0.2) is 4.39 Å². The Balaban J connectivity index is 1.89. The molecule has 1 atom stereocenters. The molecule has 0 spiro atoms. The van der Waals surface area contributed by atoms with Crippen molar-refractivity contribution in [1.29, 1.82) is 0 Å². The number of furan rings is 1. The summed E-state index contributed by atoms with van der Waals surface area (Å²) in [6.45, 7) is 1.63. The third-order valence-corrected chi connectivity index (χ3v) is 3.29. The first-order chi connectivity index (χ1) is 11.0. The number of aliphatic carboxylic acids is 1. The predicted molar refractivity (Wildman–Crippen MR) is 82.3 cm³/mol. The van der Waals surface area contributed by atoms with Gasteiger partial charge in [0, 0.05) is 18.9 Å². The van der Waals surface area contributed by atoms with Gasteiger partial charge >= 0.3 is 5.97 Å². The largest absolute Gasteiger partial charge is 0.481 e. The second kappa shape index (κ2) is 7.58. The fourth-order valence-electron chi connectivity index (χ4n) is 2.21. The van der Waals surface area contributed by atoms with Gasteiger partial charge in [0.25, 0.3) is 0 Å². The van der Waals surface area contributed by atoms with Crippen LogP contribution in [-0.4, -0.2) is 23.0 Å². The second-order valence-electron chi connectivity index (χ2n) is 5.31. The molecule has 0 saturated carbocycles. The molecule has 5 nitrogen and oxygen atoms in total. The molecule has 1 amide bonds. The Bertz CT molecular complexity index is 695. The maximum absolute atomic E-state index is 13.7. The third kappa shape index (κ3) is 4.95. The second-order valence-corrected chi connectivity index (χ2v) is 5.31. The summed E-state index contributed by atoms with van der Waals surface area (Å²) in [5.41, 5.74) is 0.373. The molecule has 0 radical (unpaired) electrons. The lowest BCUT2D eigenvalue weighted by atomic mass is 10.1. The van der Waals surface area contributed by atoms with Gasteiger partial charge in [-0.1, -0.05) is 12.1 Å². The Hall–Kier alpha value is -2.63. The fourth-order valence-corrected chi connectivity index (χ4v) is 2.21. The van der Waals surface area contributed by atoms with Crippen molar-refractivity contribution < 1.29 is 23.5 Å². The van der Waals surface area contributed by atoms with Gasteiger partial charge in [-0.05, 0) is 31.2 Å². The maximum atomic E-state index is 13.7. The molecule has 2 N–H and O–H groups in total. The van der Waals surface area contributed by atoms with E-state index in [4.69, 9.17) is 9.52 Å². The lowest BCUT2D eigenvalue weighted by molar-refractivity contribution is -0.137. The summed E-state index contributed by atoms with van der Waals surface area (Å²) in [4.78, 5) is 22.3. The van der Waals surface area contributed by atoms with Crippen LogP contribution in [0, 0.1) is 5.82 Å². The van der Waals surface area contributed by atoms with Gasteiger partial charge in [0.1, 0.15) is 17.3 Å². The monoisotopic (exact) mass is 319 g/mol. The highest BCUT2D eigenvalue weighted by atomic mass is 19.1. The first kappa shape index (κ1) is 16.7. The average Bonchev–Trinajstić information content (AvgIpc) is 2.93. The van der Waals surface area contributed by atoms with Crippen LogP contribution >= 0.6 is 0 Å². The maximum Gasteiger partial charge on any atom is 0.305 e. The number of hydrogen-bond donors (Lipinski definition) is 2. The summed E-state index contributed by atoms with van der Waals surface area (Å²) in [6, 6.07) is 9.25. The fraction of sp³-hybridized carbons (Fsp3) is 0.294. The van der Waals surface area contributed by atoms with E-state index in [1.165, 1.54) is 6.07 Å². The summed E-state index contributed by atoms with van der Waals surface area (Å²) in [7, 11) is 0. The normalized spacial score (nSPS) is 11.9. The number of rotatable bonds is 7. The van der Waals surface area contributed by atoms with Crippen LogP contribution in [0.4, 0.5) is 4.39 Å². The molecule has 23 heavy (non-hydrogen) atoms. The van der Waals surface area contributed by atoms with Crippen molar-refractivity contribution >= 4 is 11.9 Å². The van der Waals surface area contributed by atoms with Crippen molar-refractivity contribution in [2.75, 3.05) is 0 Å². The molecular weight excluding hydrogens is 301 g/mol. The molecule has 0 aliphatic carbocycles. The van der Waals surface area contributed by atoms with E-state index in [9.17, 15) is 14.0 Å². The smallest absolute Gasteiger partial charge is 0.305 e. The van der Waals surface area contributed by atoms with Crippen LogP contribution in [0.2, 0.25) is 0 Å². The number of halogens is 1. The van der Waals surface area contributed by atoms with E-state index in [2.05, 4.69) is 5.32 Å². The molecule has 2 aromatic rings. The van der Waals surface area contributed by atoms with Crippen molar-refractivity contribution in [2.45, 2.75) is 32.2 Å². The Morgan fingerprint density at radius 3 is 2.70 bits per heavy atom. The minimum Gasteiger partial charge on any atom is -0.481 e. The molecule has 0 aliphatic rings. The molecular formula is C17H18FNO4. The summed E-state index contributed by atoms with van der Waals surface area (Å²) in [5, 5.41) is 11.2. The van der Waals surface area contributed by atoms with E-state index in [-0.39, 0.29) is 24.6 Å². The zero-order valence-electron chi connectivity index (χ0n) is 12.7. The number of nitrogens with one attached hydrogen (secondary N) is 1. The molecule has 0 aliphatic heterocycles. The molecule has 0 bridgehead atoms. The SMILES string of the molecule is CC(CC(=O)O)NC(=O)CCc1ccc(-c2ccccc2F)o1. The lowest BCUT2D eigenvalue weighted by Gasteiger charge is -2.10. The van der Waals surface area contributed by atoms with Crippen molar-refractivity contribution in [1.82, 2.24) is 5.32 Å². The Kier molecular flexibility index (Phi) is 5.51. The van der Waals surface area contributed by atoms with Gasteiger partial charge in [-0.2, -0.15) is 0 Å². The number of carboxylic acids is 1. The van der Waals surface area contributed by atoms with Gasteiger partial charge in [-0.3, -0.25) is 9.59 Å². The highest BCUT2D eigenvalue weighted by molar-refractivity contribution is 5.77. The molecule has 1 aromatic heterocycles. The van der Waals surface area contributed by atoms with Crippen molar-refractivity contribution in [3.05, 3.63) is 48.0 Å². The molecule has 6 heteroatoms. The van der Waals surface area contributed by atoms with Crippen LogP contribution in [-0.2, 0) is 16.0 Å². The zero-order chi connectivity index (χ0) is 16.8. The molecule has 0 saturated heterocycles. The standard InChI is InChI=1S/C17H18FNO4/c1-11(10-17(21)22)19-16(20)9-7-12-6-8-15(23-12)13-4-2-3-5-14(13)18/h2-6,8,11H,7,9-10H2,1H3,(H,19,20)(H,21,22). The number of carbonyl (C=O) groups is 2. The van der Waals surface area contributed by atoms with Gasteiger partial charge < -0.3 is 14.8 Å². The zero-order valence-corrected chi connectivity index (χ0v) is 12.7. The van der Waals surface area contributed by atoms with Crippen LogP contribution in [0.5, 0.6) is 0 Å². The molecule has 122 valence electrons. The van der Waals surface area contributed by atoms with Crippen LogP contribution in [0.1, 0.15) is 25.5 Å². The number of carbonyl (C=O) groups excluding carboxylic acids is 1. The van der Waals surface area contributed by atoms with Crippen LogP contribution in [0.15, 0.2) is 40.8 Å². The van der Waals surface area contributed by atoms with Gasteiger partial charge in [-0.15, -0.1) is 0 Å². The predicted octanol–water partition coefficient (Wildman–Crippen LogP) is 3.00. The van der Waals surface area contributed by atoms with Crippen molar-refractivity contribution in [3.8, 4) is 11.3 Å². The van der Waals surface area contributed by atoms with Crippen LogP contribution < -0.4 is 5.32 Å². The molecule has 1 aromatic carbocycles. The van der Waals surface area contributed by atoms with E-state index in [1.807, 2.05) is 0 Å². The van der Waals surface area contributed by atoms with E-state index in [1.54, 1.807) is 37.3 Å². The highest BCUT2D eigenvalue weighted by Crippen LogP contribution is 2.25. The lowest BCUT2D eigenvalue weighted by Crippen LogP contribution is -2.34. The first-order valence-corrected chi connectivity index (χ1v) is 7.30. The number of benzene rings is 1. The summed E-state index contributed by atoms with van der Waals surface area (Å²) in [5.74, 6) is -0.586. The summed E-state index contributed by atoms with van der Waals surface area (Å²) >= 11 is 0. The van der Waals surface area contributed by atoms with Gasteiger partial charge in [0.05, 0.1) is 12.0 Å². The van der Waals surface area contributed by atoms with Crippen molar-refractivity contribution in [2.24, 2.45) is 0 Å².